The quantitative estimate of drug-likeness (QED) is 0.526. The van der Waals surface area contributed by atoms with Crippen LogP contribution in [-0.4, -0.2) is 39.0 Å². The van der Waals surface area contributed by atoms with Gasteiger partial charge in [-0.05, 0) is 37.6 Å². The molecule has 0 saturated carbocycles. The summed E-state index contributed by atoms with van der Waals surface area (Å²) in [5, 5.41) is 7.22. The van der Waals surface area contributed by atoms with Crippen molar-refractivity contribution in [1.29, 1.82) is 0 Å². The minimum Gasteiger partial charge on any atom is -0.357 e. The topological polar surface area (TPSA) is 66.8 Å². The van der Waals surface area contributed by atoms with E-state index in [1.807, 2.05) is 26.0 Å². The molecule has 0 bridgehead atoms. The maximum atomic E-state index is 13.3. The van der Waals surface area contributed by atoms with Crippen LogP contribution in [0.3, 0.4) is 0 Å². The van der Waals surface area contributed by atoms with Crippen LogP contribution in [0.2, 0.25) is 0 Å². The highest BCUT2D eigenvalue weighted by Gasteiger charge is 2.30. The number of hydrogen-bond donors (Lipinski definition) is 1. The number of H-pyrrole nitrogens is 1. The number of pyridine rings is 2. The number of benzene rings is 1. The molecular weight excluding hydrogens is 395 g/mol. The molecule has 0 radical (unpaired) electrons. The van der Waals surface area contributed by atoms with Crippen molar-refractivity contribution in [2.45, 2.75) is 26.6 Å². The first kappa shape index (κ1) is 19.9. The fourth-order valence-electron chi connectivity index (χ4n) is 3.78. The normalized spacial score (nSPS) is 12.0. The van der Waals surface area contributed by atoms with Crippen molar-refractivity contribution >= 4 is 27.6 Å². The van der Waals surface area contributed by atoms with Crippen molar-refractivity contribution in [3.8, 4) is 11.1 Å². The molecule has 0 aliphatic rings. The van der Waals surface area contributed by atoms with Crippen LogP contribution in [0.4, 0.5) is 19.0 Å². The van der Waals surface area contributed by atoms with E-state index < -0.39 is 18.3 Å². The number of nitrogens with zero attached hydrogens (tertiary/aromatic N) is 4. The Balaban J connectivity index is 2.01. The number of hydrogen-bond acceptors (Lipinski definition) is 4. The molecular formula is C21H20F3N5O. The first-order valence-electron chi connectivity index (χ1n) is 9.60. The lowest BCUT2D eigenvalue weighted by molar-refractivity contribution is -0.140. The second kappa shape index (κ2) is 7.47. The molecule has 4 aromatic rings. The van der Waals surface area contributed by atoms with Crippen molar-refractivity contribution in [3.05, 3.63) is 53.1 Å². The molecule has 3 heterocycles. The summed E-state index contributed by atoms with van der Waals surface area (Å²) in [7, 11) is 0. The Morgan fingerprint density at radius 3 is 2.60 bits per heavy atom. The molecule has 0 spiro atoms. The van der Waals surface area contributed by atoms with E-state index in [9.17, 15) is 18.0 Å². The van der Waals surface area contributed by atoms with Gasteiger partial charge >= 0.3 is 6.18 Å². The first-order valence-corrected chi connectivity index (χ1v) is 9.60. The largest absolute Gasteiger partial charge is 0.406 e. The van der Waals surface area contributed by atoms with E-state index in [1.165, 1.54) is 6.20 Å². The Kier molecular flexibility index (Phi) is 4.97. The van der Waals surface area contributed by atoms with Gasteiger partial charge in [0.1, 0.15) is 12.4 Å². The summed E-state index contributed by atoms with van der Waals surface area (Å²) in [6.45, 7) is 4.13. The third-order valence-corrected chi connectivity index (χ3v) is 5.17. The van der Waals surface area contributed by atoms with Crippen LogP contribution in [0.15, 0.2) is 47.5 Å². The first-order chi connectivity index (χ1) is 14.3. The van der Waals surface area contributed by atoms with Crippen molar-refractivity contribution in [1.82, 2.24) is 19.7 Å². The van der Waals surface area contributed by atoms with Gasteiger partial charge in [-0.3, -0.25) is 14.5 Å². The number of alkyl halides is 3. The Labute approximate surface area is 170 Å². The summed E-state index contributed by atoms with van der Waals surface area (Å²) >= 11 is 0. The summed E-state index contributed by atoms with van der Waals surface area (Å²) in [5.74, 6) is 0.745. The zero-order valence-electron chi connectivity index (χ0n) is 16.5. The van der Waals surface area contributed by atoms with Gasteiger partial charge in [-0.1, -0.05) is 12.1 Å². The molecule has 3 aromatic heterocycles. The van der Waals surface area contributed by atoms with Gasteiger partial charge in [-0.2, -0.15) is 18.3 Å². The smallest absolute Gasteiger partial charge is 0.357 e. The monoisotopic (exact) mass is 415 g/mol. The number of anilines is 1. The molecule has 0 atom stereocenters. The fourth-order valence-corrected chi connectivity index (χ4v) is 3.78. The molecule has 0 fully saturated rings. The Morgan fingerprint density at radius 1 is 1.13 bits per heavy atom. The second-order valence-corrected chi connectivity index (χ2v) is 6.94. The minimum absolute atomic E-state index is 0.129. The van der Waals surface area contributed by atoms with E-state index in [0.717, 1.165) is 29.0 Å². The number of rotatable bonds is 5. The molecule has 1 N–H and O–H groups in total. The van der Waals surface area contributed by atoms with Gasteiger partial charge in [0.2, 0.25) is 0 Å². The molecule has 9 heteroatoms. The molecule has 4 rings (SSSR count). The molecule has 0 aliphatic heterocycles. The van der Waals surface area contributed by atoms with Crippen molar-refractivity contribution < 1.29 is 13.2 Å². The van der Waals surface area contributed by atoms with E-state index in [4.69, 9.17) is 0 Å². The predicted molar refractivity (Wildman–Crippen MR) is 111 cm³/mol. The standard InChI is InChI=1S/C21H20F3N5O/c1-3-28(4-2)19-14(6-5-9-25-19)13-7-8-15-17(10-13)29(12-21(22,23)24)20(30)16-11-26-27-18(15)16/h5-11H,3-4,12H2,1-2H3,(H,26,27). The van der Waals surface area contributed by atoms with E-state index in [-0.39, 0.29) is 10.9 Å². The van der Waals surface area contributed by atoms with Crippen LogP contribution in [0.5, 0.6) is 0 Å². The van der Waals surface area contributed by atoms with Crippen LogP contribution in [-0.2, 0) is 6.54 Å². The average Bonchev–Trinajstić information content (AvgIpc) is 3.21. The fraction of sp³-hybridized carbons (Fsp3) is 0.286. The van der Waals surface area contributed by atoms with Gasteiger partial charge in [0.05, 0.1) is 22.6 Å². The van der Waals surface area contributed by atoms with Crippen LogP contribution >= 0.6 is 0 Å². The highest BCUT2D eigenvalue weighted by atomic mass is 19.4. The van der Waals surface area contributed by atoms with Crippen molar-refractivity contribution in [2.24, 2.45) is 0 Å². The number of nitrogens with one attached hydrogen (secondary N) is 1. The third-order valence-electron chi connectivity index (χ3n) is 5.17. The zero-order chi connectivity index (χ0) is 21.5. The van der Waals surface area contributed by atoms with Crippen LogP contribution in [0.1, 0.15) is 13.8 Å². The number of fused-ring (bicyclic) bond motifs is 3. The molecule has 6 nitrogen and oxygen atoms in total. The number of halogens is 3. The van der Waals surface area contributed by atoms with Crippen molar-refractivity contribution in [2.75, 3.05) is 18.0 Å². The molecule has 0 saturated heterocycles. The molecule has 156 valence electrons. The molecule has 0 unspecified atom stereocenters. The Morgan fingerprint density at radius 2 is 1.90 bits per heavy atom. The van der Waals surface area contributed by atoms with Crippen LogP contribution < -0.4 is 10.5 Å². The van der Waals surface area contributed by atoms with Gasteiger partial charge in [0, 0.05) is 30.2 Å². The van der Waals surface area contributed by atoms with Crippen LogP contribution in [0.25, 0.3) is 32.9 Å². The van der Waals surface area contributed by atoms with E-state index >= 15 is 0 Å². The zero-order valence-corrected chi connectivity index (χ0v) is 16.5. The average molecular weight is 415 g/mol. The lowest BCUT2D eigenvalue weighted by Gasteiger charge is -2.23. The summed E-state index contributed by atoms with van der Waals surface area (Å²) in [5.41, 5.74) is 1.37. The molecule has 0 amide bonds. The third kappa shape index (κ3) is 3.40. The molecule has 0 aliphatic carbocycles. The lowest BCUT2D eigenvalue weighted by atomic mass is 10.0. The second-order valence-electron chi connectivity index (χ2n) is 6.94. The van der Waals surface area contributed by atoms with Gasteiger partial charge in [0.25, 0.3) is 5.56 Å². The predicted octanol–water partition coefficient (Wildman–Crippen LogP) is 4.35. The van der Waals surface area contributed by atoms with E-state index in [0.29, 0.717) is 16.5 Å². The number of aromatic nitrogens is 4. The van der Waals surface area contributed by atoms with E-state index in [2.05, 4.69) is 20.1 Å². The summed E-state index contributed by atoms with van der Waals surface area (Å²) < 4.78 is 40.5. The highest BCUT2D eigenvalue weighted by molar-refractivity contribution is 6.04. The van der Waals surface area contributed by atoms with E-state index in [1.54, 1.807) is 24.4 Å². The molecule has 30 heavy (non-hydrogen) atoms. The summed E-state index contributed by atoms with van der Waals surface area (Å²) in [6, 6.07) is 8.83. The lowest BCUT2D eigenvalue weighted by Crippen LogP contribution is -2.28. The summed E-state index contributed by atoms with van der Waals surface area (Å²) in [4.78, 5) is 19.3. The minimum atomic E-state index is -4.54. The van der Waals surface area contributed by atoms with Gasteiger partial charge in [-0.15, -0.1) is 0 Å². The maximum absolute atomic E-state index is 13.3. The highest BCUT2D eigenvalue weighted by Crippen LogP contribution is 2.33. The van der Waals surface area contributed by atoms with Gasteiger partial charge < -0.3 is 4.90 Å². The van der Waals surface area contributed by atoms with Gasteiger partial charge in [0.15, 0.2) is 0 Å². The van der Waals surface area contributed by atoms with Crippen LogP contribution in [0, 0.1) is 0 Å². The Bertz CT molecular complexity index is 1270. The summed E-state index contributed by atoms with van der Waals surface area (Å²) in [6.07, 6.45) is -1.59. The van der Waals surface area contributed by atoms with Gasteiger partial charge in [-0.25, -0.2) is 4.98 Å². The number of aromatic amines is 1. The molecule has 1 aromatic carbocycles. The van der Waals surface area contributed by atoms with Crippen molar-refractivity contribution in [3.63, 3.8) is 0 Å². The Hall–Kier alpha value is -3.36. The maximum Gasteiger partial charge on any atom is 0.406 e. The SMILES string of the molecule is CCN(CC)c1ncccc1-c1ccc2c3[nH]ncc3c(=O)n(CC(F)(F)F)c2c1.